The van der Waals surface area contributed by atoms with Gasteiger partial charge >= 0.3 is 11.9 Å². The number of hydrogen-bond donors (Lipinski definition) is 1. The molecule has 19 heavy (non-hydrogen) atoms. The van der Waals surface area contributed by atoms with Crippen molar-refractivity contribution < 1.29 is 19.4 Å². The van der Waals surface area contributed by atoms with Gasteiger partial charge in [-0.3, -0.25) is 4.98 Å². The van der Waals surface area contributed by atoms with Gasteiger partial charge in [0.05, 0.1) is 19.5 Å². The van der Waals surface area contributed by atoms with E-state index in [1.807, 2.05) is 0 Å². The summed E-state index contributed by atoms with van der Waals surface area (Å²) in [5, 5.41) is 11.0. The molecule has 2 rings (SSSR count). The van der Waals surface area contributed by atoms with Crippen LogP contribution in [-0.4, -0.2) is 34.1 Å². The molecule has 1 N–H and O–H groups in total. The molecule has 0 spiro atoms. The highest BCUT2D eigenvalue weighted by atomic mass is 32.2. The minimum atomic E-state index is -0.966. The molecule has 0 radical (unpaired) electrons. The first-order chi connectivity index (χ1) is 9.10. The van der Waals surface area contributed by atoms with E-state index >= 15 is 0 Å². The SMILES string of the molecule is COC(=O)c1cncc(Sc2csc(C(=O)O)c2)n1. The third kappa shape index (κ3) is 3.30. The lowest BCUT2D eigenvalue weighted by Crippen LogP contribution is -2.05. The molecule has 6 nitrogen and oxygen atoms in total. The highest BCUT2D eigenvalue weighted by molar-refractivity contribution is 7.99. The van der Waals surface area contributed by atoms with Crippen LogP contribution in [0.15, 0.2) is 33.8 Å². The Labute approximate surface area is 116 Å². The molecule has 2 aromatic heterocycles. The zero-order valence-electron chi connectivity index (χ0n) is 9.69. The number of hydrogen-bond acceptors (Lipinski definition) is 7. The van der Waals surface area contributed by atoms with Crippen LogP contribution >= 0.6 is 23.1 Å². The van der Waals surface area contributed by atoms with Crippen LogP contribution in [0.3, 0.4) is 0 Å². The van der Waals surface area contributed by atoms with Crippen molar-refractivity contribution in [1.82, 2.24) is 9.97 Å². The van der Waals surface area contributed by atoms with Gasteiger partial charge in [0.15, 0.2) is 5.69 Å². The average molecular weight is 296 g/mol. The summed E-state index contributed by atoms with van der Waals surface area (Å²) in [6.45, 7) is 0. The lowest BCUT2D eigenvalue weighted by atomic mass is 10.5. The summed E-state index contributed by atoms with van der Waals surface area (Å²) >= 11 is 2.37. The minimum absolute atomic E-state index is 0.112. The van der Waals surface area contributed by atoms with Crippen LogP contribution in [0, 0.1) is 0 Å². The molecule has 0 atom stereocenters. The van der Waals surface area contributed by atoms with Crippen LogP contribution in [0.1, 0.15) is 20.2 Å². The highest BCUT2D eigenvalue weighted by Gasteiger charge is 2.11. The van der Waals surface area contributed by atoms with Crippen molar-refractivity contribution in [1.29, 1.82) is 0 Å². The number of carboxylic acid groups (broad SMARTS) is 1. The Morgan fingerprint density at radius 3 is 2.84 bits per heavy atom. The number of methoxy groups -OCH3 is 1. The average Bonchev–Trinajstić information content (AvgIpc) is 2.87. The maximum Gasteiger partial charge on any atom is 0.358 e. The van der Waals surface area contributed by atoms with E-state index in [0.29, 0.717) is 5.03 Å². The summed E-state index contributed by atoms with van der Waals surface area (Å²) in [6.07, 6.45) is 2.81. The van der Waals surface area contributed by atoms with Crippen LogP contribution in [0.5, 0.6) is 0 Å². The molecule has 0 unspecified atom stereocenters. The molecular weight excluding hydrogens is 288 g/mol. The molecule has 0 saturated carbocycles. The van der Waals surface area contributed by atoms with Crippen LogP contribution in [0.2, 0.25) is 0 Å². The van der Waals surface area contributed by atoms with Crippen molar-refractivity contribution >= 4 is 35.0 Å². The fourth-order valence-electron chi connectivity index (χ4n) is 1.21. The number of esters is 1. The molecule has 0 fully saturated rings. The molecular formula is C11H8N2O4S2. The summed E-state index contributed by atoms with van der Waals surface area (Å²) in [5.74, 6) is -1.53. The summed E-state index contributed by atoms with van der Waals surface area (Å²) in [6, 6.07) is 1.55. The van der Waals surface area contributed by atoms with Crippen LogP contribution in [0.4, 0.5) is 0 Å². The fraction of sp³-hybridized carbons (Fsp3) is 0.0909. The number of carboxylic acids is 1. The first-order valence-corrected chi connectivity index (χ1v) is 6.70. The van der Waals surface area contributed by atoms with Gasteiger partial charge in [-0.05, 0) is 6.07 Å². The van der Waals surface area contributed by atoms with Crippen LogP contribution < -0.4 is 0 Å². The molecule has 0 saturated heterocycles. The van der Waals surface area contributed by atoms with Crippen LogP contribution in [0.25, 0.3) is 0 Å². The molecule has 0 aliphatic rings. The Morgan fingerprint density at radius 1 is 1.42 bits per heavy atom. The van der Waals surface area contributed by atoms with Gasteiger partial charge in [0.1, 0.15) is 9.90 Å². The zero-order valence-corrected chi connectivity index (χ0v) is 11.3. The van der Waals surface area contributed by atoms with E-state index in [4.69, 9.17) is 5.11 Å². The van der Waals surface area contributed by atoms with Crippen molar-refractivity contribution in [3.05, 3.63) is 34.4 Å². The lowest BCUT2D eigenvalue weighted by molar-refractivity contribution is 0.0591. The molecule has 0 aliphatic carbocycles. The zero-order chi connectivity index (χ0) is 13.8. The van der Waals surface area contributed by atoms with E-state index in [1.54, 1.807) is 11.4 Å². The Bertz CT molecular complexity index is 627. The minimum Gasteiger partial charge on any atom is -0.477 e. The van der Waals surface area contributed by atoms with E-state index in [-0.39, 0.29) is 10.6 Å². The van der Waals surface area contributed by atoms with Crippen molar-refractivity contribution in [2.24, 2.45) is 0 Å². The Morgan fingerprint density at radius 2 is 2.21 bits per heavy atom. The lowest BCUT2D eigenvalue weighted by Gasteiger charge is -2.00. The highest BCUT2D eigenvalue weighted by Crippen LogP contribution is 2.29. The smallest absolute Gasteiger partial charge is 0.358 e. The Kier molecular flexibility index (Phi) is 4.13. The molecule has 0 amide bonds. The van der Waals surface area contributed by atoms with Crippen molar-refractivity contribution in [2.45, 2.75) is 9.92 Å². The summed E-state index contributed by atoms with van der Waals surface area (Å²) < 4.78 is 4.55. The van der Waals surface area contributed by atoms with Crippen molar-refractivity contribution in [3.63, 3.8) is 0 Å². The van der Waals surface area contributed by atoms with E-state index in [2.05, 4.69) is 14.7 Å². The Hall–Kier alpha value is -1.93. The van der Waals surface area contributed by atoms with Gasteiger partial charge in [-0.2, -0.15) is 0 Å². The predicted molar refractivity (Wildman–Crippen MR) is 68.8 cm³/mol. The second-order valence-electron chi connectivity index (χ2n) is 3.29. The van der Waals surface area contributed by atoms with E-state index in [0.717, 1.165) is 16.2 Å². The number of rotatable bonds is 4. The number of aromatic carboxylic acids is 1. The van der Waals surface area contributed by atoms with Gasteiger partial charge in [-0.25, -0.2) is 14.6 Å². The molecule has 2 heterocycles. The molecule has 0 aliphatic heterocycles. The van der Waals surface area contributed by atoms with E-state index in [9.17, 15) is 9.59 Å². The molecule has 8 heteroatoms. The van der Waals surface area contributed by atoms with Crippen molar-refractivity contribution in [2.75, 3.05) is 7.11 Å². The summed E-state index contributed by atoms with van der Waals surface area (Å²) in [4.78, 5) is 31.0. The molecule has 0 aromatic carbocycles. The predicted octanol–water partition coefficient (Wildman–Crippen LogP) is 2.17. The number of aromatic nitrogens is 2. The van der Waals surface area contributed by atoms with Crippen LogP contribution in [-0.2, 0) is 4.74 Å². The number of nitrogens with zero attached hydrogens (tertiary/aromatic N) is 2. The van der Waals surface area contributed by atoms with Gasteiger partial charge in [-0.15, -0.1) is 11.3 Å². The monoisotopic (exact) mass is 296 g/mol. The number of thiophene rings is 1. The standard InChI is InChI=1S/C11H8N2O4S2/c1-17-11(16)7-3-12-4-9(13-7)19-6-2-8(10(14)15)18-5-6/h2-5H,1H3,(H,14,15). The first-order valence-electron chi connectivity index (χ1n) is 5.00. The van der Waals surface area contributed by atoms with Gasteiger partial charge in [0.2, 0.25) is 0 Å². The van der Waals surface area contributed by atoms with Gasteiger partial charge in [0, 0.05) is 10.3 Å². The van der Waals surface area contributed by atoms with E-state index < -0.39 is 11.9 Å². The second kappa shape index (κ2) is 5.81. The maximum absolute atomic E-state index is 11.3. The third-order valence-corrected chi connectivity index (χ3v) is 3.96. The third-order valence-electron chi connectivity index (χ3n) is 2.02. The van der Waals surface area contributed by atoms with Gasteiger partial charge in [0.25, 0.3) is 0 Å². The second-order valence-corrected chi connectivity index (χ2v) is 5.29. The largest absolute Gasteiger partial charge is 0.477 e. The molecule has 0 bridgehead atoms. The van der Waals surface area contributed by atoms with E-state index in [1.165, 1.54) is 31.3 Å². The Balaban J connectivity index is 2.18. The van der Waals surface area contributed by atoms with Crippen molar-refractivity contribution in [3.8, 4) is 0 Å². The topological polar surface area (TPSA) is 89.4 Å². The molecule has 2 aromatic rings. The number of ether oxygens (including phenoxy) is 1. The van der Waals surface area contributed by atoms with Gasteiger partial charge < -0.3 is 9.84 Å². The normalized spacial score (nSPS) is 10.2. The van der Waals surface area contributed by atoms with Gasteiger partial charge in [-0.1, -0.05) is 11.8 Å². The first kappa shape index (κ1) is 13.5. The summed E-state index contributed by atoms with van der Waals surface area (Å²) in [7, 11) is 1.27. The maximum atomic E-state index is 11.3. The fourth-order valence-corrected chi connectivity index (χ4v) is 2.90. The quantitative estimate of drug-likeness (QED) is 0.865. The number of carbonyl (C=O) groups is 2. The summed E-state index contributed by atoms with van der Waals surface area (Å²) in [5.41, 5.74) is 0.112. The number of carbonyl (C=O) groups excluding carboxylic acids is 1. The molecule has 98 valence electrons.